The van der Waals surface area contributed by atoms with Crippen LogP contribution >= 0.6 is 27.5 Å². The monoisotopic (exact) mass is 290 g/mol. The van der Waals surface area contributed by atoms with E-state index in [2.05, 4.69) is 27.8 Å². The number of rotatable bonds is 5. The average molecular weight is 292 g/mol. The van der Waals surface area contributed by atoms with Crippen molar-refractivity contribution in [2.24, 2.45) is 0 Å². The summed E-state index contributed by atoms with van der Waals surface area (Å²) in [6, 6.07) is 1.90. The Bertz CT molecular complexity index is 317. The Kier molecular flexibility index (Phi) is 5.40. The molecule has 0 amide bonds. The van der Waals surface area contributed by atoms with Gasteiger partial charge in [0.25, 0.3) is 0 Å². The average Bonchev–Trinajstić information content (AvgIpc) is 2.20. The Morgan fingerprint density at radius 3 is 2.93 bits per heavy atom. The Morgan fingerprint density at radius 1 is 1.53 bits per heavy atom. The number of hydrogen-bond donors (Lipinski definition) is 1. The van der Waals surface area contributed by atoms with Crippen LogP contribution in [-0.2, 0) is 6.42 Å². The lowest BCUT2D eigenvalue weighted by Crippen LogP contribution is -2.03. The van der Waals surface area contributed by atoms with E-state index in [1.807, 2.05) is 6.07 Å². The molecule has 0 saturated heterocycles. The van der Waals surface area contributed by atoms with Crippen molar-refractivity contribution in [3.8, 4) is 0 Å². The molecule has 0 fully saturated rings. The van der Waals surface area contributed by atoms with Crippen molar-refractivity contribution in [2.45, 2.75) is 37.4 Å². The second kappa shape index (κ2) is 6.33. The maximum Gasteiger partial charge on any atom is 0.126 e. The van der Waals surface area contributed by atoms with Gasteiger partial charge < -0.3 is 5.73 Å². The van der Waals surface area contributed by atoms with Gasteiger partial charge in [-0.05, 0) is 30.9 Å². The molecule has 1 rings (SSSR count). The van der Waals surface area contributed by atoms with E-state index in [0.29, 0.717) is 15.7 Å². The molecule has 1 atom stereocenters. The zero-order valence-corrected chi connectivity index (χ0v) is 11.2. The molecule has 4 heteroatoms. The highest BCUT2D eigenvalue weighted by Gasteiger charge is 2.06. The van der Waals surface area contributed by atoms with Gasteiger partial charge in [0.15, 0.2) is 0 Å². The highest BCUT2D eigenvalue weighted by Crippen LogP contribution is 2.20. The first-order valence-corrected chi connectivity index (χ1v) is 6.46. The van der Waals surface area contributed by atoms with Gasteiger partial charge in [0.1, 0.15) is 5.82 Å². The topological polar surface area (TPSA) is 38.9 Å². The number of aromatic nitrogens is 1. The number of anilines is 1. The molecule has 0 spiro atoms. The lowest BCUT2D eigenvalue weighted by Gasteiger charge is -2.09. The molecule has 1 heterocycles. The maximum absolute atomic E-state index is 5.86. The van der Waals surface area contributed by atoms with E-state index in [0.717, 1.165) is 18.4 Å². The molecule has 0 aliphatic carbocycles. The van der Waals surface area contributed by atoms with E-state index in [4.69, 9.17) is 17.3 Å². The molecule has 1 aromatic rings. The standard InChI is InChI=1S/C11H16BrClN2/c1-2-3-9(12)5-4-8-6-10(13)7-15-11(8)14/h6-7,9H,2-5H2,1H3,(H2,14,15). The van der Waals surface area contributed by atoms with Crippen LogP contribution in [0.4, 0.5) is 5.82 Å². The van der Waals surface area contributed by atoms with Crippen LogP contribution in [0.25, 0.3) is 0 Å². The Hall–Kier alpha value is -0.280. The molecule has 1 unspecified atom stereocenters. The van der Waals surface area contributed by atoms with E-state index in [1.54, 1.807) is 6.20 Å². The van der Waals surface area contributed by atoms with Gasteiger partial charge in [-0.2, -0.15) is 0 Å². The van der Waals surface area contributed by atoms with Gasteiger partial charge in [-0.25, -0.2) is 4.98 Å². The van der Waals surface area contributed by atoms with Crippen molar-refractivity contribution in [3.63, 3.8) is 0 Å². The van der Waals surface area contributed by atoms with Crippen molar-refractivity contribution in [3.05, 3.63) is 22.8 Å². The summed E-state index contributed by atoms with van der Waals surface area (Å²) in [4.78, 5) is 4.59. The van der Waals surface area contributed by atoms with E-state index in [9.17, 15) is 0 Å². The summed E-state index contributed by atoms with van der Waals surface area (Å²) in [5, 5.41) is 0.654. The minimum atomic E-state index is 0.556. The van der Waals surface area contributed by atoms with Crippen LogP contribution in [0.2, 0.25) is 5.02 Å². The largest absolute Gasteiger partial charge is 0.383 e. The molecule has 84 valence electrons. The van der Waals surface area contributed by atoms with Crippen molar-refractivity contribution in [2.75, 3.05) is 5.73 Å². The molecule has 2 nitrogen and oxygen atoms in total. The highest BCUT2D eigenvalue weighted by atomic mass is 79.9. The summed E-state index contributed by atoms with van der Waals surface area (Å²) in [7, 11) is 0. The molecule has 15 heavy (non-hydrogen) atoms. The molecule has 0 bridgehead atoms. The smallest absolute Gasteiger partial charge is 0.126 e. The second-order valence-corrected chi connectivity index (χ2v) is 5.35. The summed E-state index contributed by atoms with van der Waals surface area (Å²) in [5.74, 6) is 0.593. The van der Waals surface area contributed by atoms with Gasteiger partial charge >= 0.3 is 0 Å². The third kappa shape index (κ3) is 4.39. The number of nitrogen functional groups attached to an aromatic ring is 1. The van der Waals surface area contributed by atoms with Crippen LogP contribution in [0.1, 0.15) is 31.7 Å². The number of aryl methyl sites for hydroxylation is 1. The molecular weight excluding hydrogens is 275 g/mol. The second-order valence-electron chi connectivity index (χ2n) is 3.62. The maximum atomic E-state index is 5.86. The number of nitrogens with two attached hydrogens (primary N) is 1. The summed E-state index contributed by atoms with van der Waals surface area (Å²) < 4.78 is 0. The fraction of sp³-hybridized carbons (Fsp3) is 0.545. The van der Waals surface area contributed by atoms with E-state index in [1.165, 1.54) is 12.8 Å². The summed E-state index contributed by atoms with van der Waals surface area (Å²) in [6.07, 6.45) is 5.96. The molecule has 2 N–H and O–H groups in total. The molecule has 0 saturated carbocycles. The Balaban J connectivity index is 2.53. The number of halogens is 2. The predicted molar refractivity (Wildman–Crippen MR) is 69.6 cm³/mol. The third-order valence-electron chi connectivity index (χ3n) is 2.30. The van der Waals surface area contributed by atoms with Gasteiger partial charge in [0.2, 0.25) is 0 Å². The Labute approximate surface area is 104 Å². The molecular formula is C11H16BrClN2. The van der Waals surface area contributed by atoms with E-state index < -0.39 is 0 Å². The molecule has 1 aromatic heterocycles. The SMILES string of the molecule is CCCC(Br)CCc1cc(Cl)cnc1N. The lowest BCUT2D eigenvalue weighted by atomic mass is 10.1. The first kappa shape index (κ1) is 12.8. The number of pyridine rings is 1. The van der Waals surface area contributed by atoms with E-state index >= 15 is 0 Å². The van der Waals surface area contributed by atoms with Gasteiger partial charge in [-0.3, -0.25) is 0 Å². The van der Waals surface area contributed by atoms with Crippen LogP contribution in [0.15, 0.2) is 12.3 Å². The van der Waals surface area contributed by atoms with Gasteiger partial charge in [-0.1, -0.05) is 40.9 Å². The van der Waals surface area contributed by atoms with Crippen LogP contribution in [0.5, 0.6) is 0 Å². The van der Waals surface area contributed by atoms with Gasteiger partial charge in [-0.15, -0.1) is 0 Å². The van der Waals surface area contributed by atoms with Gasteiger partial charge in [0.05, 0.1) is 5.02 Å². The molecule has 0 radical (unpaired) electrons. The highest BCUT2D eigenvalue weighted by molar-refractivity contribution is 9.09. The minimum absolute atomic E-state index is 0.556. The fourth-order valence-electron chi connectivity index (χ4n) is 1.46. The van der Waals surface area contributed by atoms with Crippen molar-refractivity contribution < 1.29 is 0 Å². The third-order valence-corrected chi connectivity index (χ3v) is 3.42. The van der Waals surface area contributed by atoms with Crippen LogP contribution < -0.4 is 5.73 Å². The molecule has 0 aliphatic heterocycles. The molecule has 0 aliphatic rings. The van der Waals surface area contributed by atoms with Crippen molar-refractivity contribution in [1.82, 2.24) is 4.98 Å². The lowest BCUT2D eigenvalue weighted by molar-refractivity contribution is 0.693. The zero-order valence-electron chi connectivity index (χ0n) is 8.84. The summed E-state index contributed by atoms with van der Waals surface area (Å²) in [5.41, 5.74) is 6.81. The first-order valence-electron chi connectivity index (χ1n) is 5.17. The van der Waals surface area contributed by atoms with Gasteiger partial charge in [0, 0.05) is 11.0 Å². The quantitative estimate of drug-likeness (QED) is 0.838. The predicted octanol–water partition coefficient (Wildman–Crippen LogP) is 3.81. The number of alkyl halides is 1. The van der Waals surface area contributed by atoms with Crippen LogP contribution in [0.3, 0.4) is 0 Å². The number of hydrogen-bond acceptors (Lipinski definition) is 2. The zero-order chi connectivity index (χ0) is 11.3. The van der Waals surface area contributed by atoms with Crippen molar-refractivity contribution >= 4 is 33.3 Å². The van der Waals surface area contributed by atoms with Crippen LogP contribution in [0, 0.1) is 0 Å². The summed E-state index contributed by atoms with van der Waals surface area (Å²) >= 11 is 9.51. The Morgan fingerprint density at radius 2 is 2.27 bits per heavy atom. The fourth-order valence-corrected chi connectivity index (χ4v) is 2.33. The van der Waals surface area contributed by atoms with Crippen LogP contribution in [-0.4, -0.2) is 9.81 Å². The molecule has 0 aromatic carbocycles. The van der Waals surface area contributed by atoms with E-state index in [-0.39, 0.29) is 0 Å². The normalized spacial score (nSPS) is 12.7. The minimum Gasteiger partial charge on any atom is -0.383 e. The first-order chi connectivity index (χ1) is 7.13. The summed E-state index contributed by atoms with van der Waals surface area (Å²) in [6.45, 7) is 2.18. The van der Waals surface area contributed by atoms with Crippen molar-refractivity contribution in [1.29, 1.82) is 0 Å². The number of nitrogens with zero attached hydrogens (tertiary/aromatic N) is 1.